The number of halogens is 4. The van der Waals surface area contributed by atoms with Crippen LogP contribution in [-0.2, 0) is 11.0 Å². The molecule has 2 rings (SSSR count). The summed E-state index contributed by atoms with van der Waals surface area (Å²) in [4.78, 5) is 11.8. The van der Waals surface area contributed by atoms with Crippen LogP contribution in [0.1, 0.15) is 36.8 Å². The van der Waals surface area contributed by atoms with Gasteiger partial charge in [0.15, 0.2) is 0 Å². The standard InChI is InChI=1S/C16H17ClF3NO2/c17-14-7-2-11(16(18,19)20)9-10(14)1-8-15(23)21-12-3-5-13(22)6-4-12/h1-2,7-9,12-13,22H,3-6H2,(H,21,23). The summed E-state index contributed by atoms with van der Waals surface area (Å²) in [6.07, 6.45) is 0.302. The molecule has 1 fully saturated rings. The first-order valence-corrected chi connectivity index (χ1v) is 7.67. The number of carbonyl (C=O) groups is 1. The molecule has 3 nitrogen and oxygen atoms in total. The van der Waals surface area contributed by atoms with Gasteiger partial charge in [-0.2, -0.15) is 13.2 Å². The van der Waals surface area contributed by atoms with E-state index in [2.05, 4.69) is 5.32 Å². The molecular weight excluding hydrogens is 331 g/mol. The zero-order valence-corrected chi connectivity index (χ0v) is 13.0. The molecule has 1 amide bonds. The summed E-state index contributed by atoms with van der Waals surface area (Å²) in [6, 6.07) is 2.94. The fraction of sp³-hybridized carbons (Fsp3) is 0.438. The van der Waals surface area contributed by atoms with E-state index in [9.17, 15) is 23.1 Å². The summed E-state index contributed by atoms with van der Waals surface area (Å²) in [6.45, 7) is 0. The van der Waals surface area contributed by atoms with E-state index >= 15 is 0 Å². The Kier molecular flexibility index (Phi) is 5.70. The Hall–Kier alpha value is -1.53. The minimum absolute atomic E-state index is 0.0208. The van der Waals surface area contributed by atoms with Crippen molar-refractivity contribution in [3.63, 3.8) is 0 Å². The summed E-state index contributed by atoms with van der Waals surface area (Å²) in [7, 11) is 0. The molecule has 1 aliphatic rings. The molecule has 7 heteroatoms. The van der Waals surface area contributed by atoms with Crippen LogP contribution >= 0.6 is 11.6 Å². The lowest BCUT2D eigenvalue weighted by molar-refractivity contribution is -0.137. The van der Waals surface area contributed by atoms with E-state index in [1.807, 2.05) is 0 Å². The normalized spacial score (nSPS) is 22.3. The highest BCUT2D eigenvalue weighted by Gasteiger charge is 2.30. The molecule has 0 saturated heterocycles. The minimum Gasteiger partial charge on any atom is -0.393 e. The quantitative estimate of drug-likeness (QED) is 0.817. The molecule has 0 aromatic heterocycles. The van der Waals surface area contributed by atoms with Crippen molar-refractivity contribution in [3.05, 3.63) is 40.4 Å². The van der Waals surface area contributed by atoms with E-state index in [1.54, 1.807) is 0 Å². The summed E-state index contributed by atoms with van der Waals surface area (Å²) in [5, 5.41) is 12.3. The van der Waals surface area contributed by atoms with Gasteiger partial charge in [-0.15, -0.1) is 0 Å². The Bertz CT molecular complexity index is 593. The number of aliphatic hydroxyl groups excluding tert-OH is 1. The molecule has 1 aliphatic carbocycles. The van der Waals surface area contributed by atoms with Crippen molar-refractivity contribution in [1.82, 2.24) is 5.32 Å². The number of amides is 1. The second kappa shape index (κ2) is 7.36. The van der Waals surface area contributed by atoms with Crippen molar-refractivity contribution in [2.24, 2.45) is 0 Å². The Balaban J connectivity index is 2.00. The first-order chi connectivity index (χ1) is 10.8. The van der Waals surface area contributed by atoms with E-state index < -0.39 is 11.7 Å². The molecule has 1 aromatic carbocycles. The molecule has 0 radical (unpaired) electrons. The lowest BCUT2D eigenvalue weighted by atomic mass is 9.93. The topological polar surface area (TPSA) is 49.3 Å². The zero-order valence-electron chi connectivity index (χ0n) is 12.2. The van der Waals surface area contributed by atoms with E-state index in [0.29, 0.717) is 25.7 Å². The molecule has 0 unspecified atom stereocenters. The fourth-order valence-corrected chi connectivity index (χ4v) is 2.66. The third kappa shape index (κ3) is 5.25. The maximum Gasteiger partial charge on any atom is 0.416 e. The molecule has 23 heavy (non-hydrogen) atoms. The van der Waals surface area contributed by atoms with Crippen LogP contribution in [0.5, 0.6) is 0 Å². The van der Waals surface area contributed by atoms with E-state index in [4.69, 9.17) is 11.6 Å². The number of alkyl halides is 3. The number of aliphatic hydroxyl groups is 1. The number of hydrogen-bond donors (Lipinski definition) is 2. The average molecular weight is 348 g/mol. The predicted octanol–water partition coefficient (Wildman–Crippen LogP) is 3.79. The Morgan fingerprint density at radius 1 is 1.26 bits per heavy atom. The average Bonchev–Trinajstić information content (AvgIpc) is 2.47. The van der Waals surface area contributed by atoms with Crippen molar-refractivity contribution >= 4 is 23.6 Å². The van der Waals surface area contributed by atoms with Crippen LogP contribution in [0.4, 0.5) is 13.2 Å². The Morgan fingerprint density at radius 3 is 2.52 bits per heavy atom. The van der Waals surface area contributed by atoms with Gasteiger partial charge >= 0.3 is 6.18 Å². The maximum absolute atomic E-state index is 12.7. The molecule has 0 spiro atoms. The van der Waals surface area contributed by atoms with Crippen LogP contribution in [0.25, 0.3) is 6.08 Å². The molecule has 1 saturated carbocycles. The SMILES string of the molecule is O=C(C=Cc1cc(C(F)(F)F)ccc1Cl)NC1CCC(O)CC1. The van der Waals surface area contributed by atoms with Crippen molar-refractivity contribution in [2.45, 2.75) is 44.0 Å². The van der Waals surface area contributed by atoms with E-state index in [0.717, 1.165) is 18.2 Å². The van der Waals surface area contributed by atoms with E-state index in [-0.39, 0.29) is 28.6 Å². The highest BCUT2D eigenvalue weighted by molar-refractivity contribution is 6.32. The maximum atomic E-state index is 12.7. The van der Waals surface area contributed by atoms with Gasteiger partial charge in [0.05, 0.1) is 11.7 Å². The molecule has 1 aromatic rings. The van der Waals surface area contributed by atoms with Crippen LogP contribution in [-0.4, -0.2) is 23.2 Å². The molecule has 0 aliphatic heterocycles. The van der Waals surface area contributed by atoms with Crippen LogP contribution in [0.15, 0.2) is 24.3 Å². The van der Waals surface area contributed by atoms with Crippen molar-refractivity contribution in [2.75, 3.05) is 0 Å². The molecule has 0 heterocycles. The van der Waals surface area contributed by atoms with Crippen molar-refractivity contribution in [3.8, 4) is 0 Å². The van der Waals surface area contributed by atoms with Gasteiger partial charge < -0.3 is 10.4 Å². The van der Waals surface area contributed by atoms with Crippen LogP contribution in [0.3, 0.4) is 0 Å². The first-order valence-electron chi connectivity index (χ1n) is 7.29. The van der Waals surface area contributed by atoms with Gasteiger partial charge in [0, 0.05) is 17.1 Å². The first kappa shape index (κ1) is 17.8. The fourth-order valence-electron chi connectivity index (χ4n) is 2.48. The molecule has 0 bridgehead atoms. The van der Waals surface area contributed by atoms with Crippen LogP contribution in [0, 0.1) is 0 Å². The molecule has 126 valence electrons. The number of hydrogen-bond acceptors (Lipinski definition) is 2. The lowest BCUT2D eigenvalue weighted by Crippen LogP contribution is -2.37. The second-order valence-corrected chi connectivity index (χ2v) is 5.99. The highest BCUT2D eigenvalue weighted by Crippen LogP contribution is 2.32. The Morgan fingerprint density at radius 2 is 1.91 bits per heavy atom. The summed E-state index contributed by atoms with van der Waals surface area (Å²) >= 11 is 5.86. The van der Waals surface area contributed by atoms with Gasteiger partial charge in [-0.1, -0.05) is 11.6 Å². The molecular formula is C16H17ClF3NO2. The number of rotatable bonds is 3. The van der Waals surface area contributed by atoms with Gasteiger partial charge in [0.1, 0.15) is 0 Å². The van der Waals surface area contributed by atoms with Gasteiger partial charge in [-0.25, -0.2) is 0 Å². The third-order valence-corrected chi connectivity index (χ3v) is 4.12. The monoisotopic (exact) mass is 347 g/mol. The number of benzene rings is 1. The third-order valence-electron chi connectivity index (χ3n) is 3.78. The Labute approximate surface area is 137 Å². The minimum atomic E-state index is -4.46. The summed E-state index contributed by atoms with van der Waals surface area (Å²) < 4.78 is 38.0. The van der Waals surface area contributed by atoms with Crippen LogP contribution in [0.2, 0.25) is 5.02 Å². The summed E-state index contributed by atoms with van der Waals surface area (Å²) in [5.74, 6) is -0.389. The van der Waals surface area contributed by atoms with Crippen molar-refractivity contribution < 1.29 is 23.1 Å². The van der Waals surface area contributed by atoms with Gasteiger partial charge in [-0.05, 0) is 55.5 Å². The highest BCUT2D eigenvalue weighted by atomic mass is 35.5. The molecule has 0 atom stereocenters. The lowest BCUT2D eigenvalue weighted by Gasteiger charge is -2.25. The van der Waals surface area contributed by atoms with Gasteiger partial charge in [0.2, 0.25) is 5.91 Å². The van der Waals surface area contributed by atoms with Crippen LogP contribution < -0.4 is 5.32 Å². The van der Waals surface area contributed by atoms with Crippen molar-refractivity contribution in [1.29, 1.82) is 0 Å². The number of carbonyl (C=O) groups excluding carboxylic acids is 1. The second-order valence-electron chi connectivity index (χ2n) is 5.58. The number of nitrogens with one attached hydrogen (secondary N) is 1. The van der Waals surface area contributed by atoms with Gasteiger partial charge in [-0.3, -0.25) is 4.79 Å². The van der Waals surface area contributed by atoms with E-state index in [1.165, 1.54) is 12.2 Å². The largest absolute Gasteiger partial charge is 0.416 e. The smallest absolute Gasteiger partial charge is 0.393 e. The zero-order chi connectivity index (χ0) is 17.0. The van der Waals surface area contributed by atoms with Gasteiger partial charge in [0.25, 0.3) is 0 Å². The predicted molar refractivity (Wildman–Crippen MR) is 81.9 cm³/mol. The summed E-state index contributed by atoms with van der Waals surface area (Å²) in [5.41, 5.74) is -0.682. The molecule has 2 N–H and O–H groups in total.